The van der Waals surface area contributed by atoms with Gasteiger partial charge in [-0.05, 0) is 45.4 Å². The quantitative estimate of drug-likeness (QED) is 0.770. The molecule has 0 aliphatic rings. The molecule has 5 nitrogen and oxygen atoms in total. The van der Waals surface area contributed by atoms with E-state index in [2.05, 4.69) is 23.0 Å². The predicted octanol–water partition coefficient (Wildman–Crippen LogP) is 4.08. The summed E-state index contributed by atoms with van der Waals surface area (Å²) in [4.78, 5) is 22.4. The number of carbonyl (C=O) groups is 1. The average Bonchev–Trinajstić information content (AvgIpc) is 2.93. The summed E-state index contributed by atoms with van der Waals surface area (Å²) in [5.41, 5.74) is 6.57. The van der Waals surface area contributed by atoms with Gasteiger partial charge in [0.1, 0.15) is 11.4 Å². The molecule has 0 aliphatic heterocycles. The Balaban J connectivity index is 1.90. The van der Waals surface area contributed by atoms with E-state index in [0.29, 0.717) is 12.2 Å². The molecule has 1 amide bonds. The molecule has 0 spiro atoms. The zero-order chi connectivity index (χ0) is 19.0. The molecule has 0 unspecified atom stereocenters. The van der Waals surface area contributed by atoms with Crippen molar-refractivity contribution in [2.45, 2.75) is 34.2 Å². The average molecular weight is 351 g/mol. The van der Waals surface area contributed by atoms with Gasteiger partial charge in [-0.2, -0.15) is 0 Å². The van der Waals surface area contributed by atoms with Gasteiger partial charge in [-0.1, -0.05) is 11.6 Å². The molecule has 2 heterocycles. The highest BCUT2D eigenvalue weighted by atomic mass is 16.5. The van der Waals surface area contributed by atoms with E-state index in [9.17, 15) is 4.79 Å². The second-order valence-corrected chi connectivity index (χ2v) is 6.88. The molecule has 0 aliphatic carbocycles. The number of ether oxygens (including phenoxy) is 1. The highest BCUT2D eigenvalue weighted by molar-refractivity contribution is 6.00. The molecule has 5 heteroatoms. The summed E-state index contributed by atoms with van der Waals surface area (Å²) in [6.45, 7) is 8.41. The molecule has 0 radical (unpaired) electrons. The third-order valence-corrected chi connectivity index (χ3v) is 4.91. The van der Waals surface area contributed by atoms with Crippen LogP contribution in [0.4, 0.5) is 0 Å². The highest BCUT2D eigenvalue weighted by Gasteiger charge is 2.20. The van der Waals surface area contributed by atoms with Crippen LogP contribution in [0, 0.1) is 27.7 Å². The molecular formula is C21H25N3O2. The Morgan fingerprint density at radius 3 is 2.62 bits per heavy atom. The summed E-state index contributed by atoms with van der Waals surface area (Å²) in [5, 5.41) is 1.09. The van der Waals surface area contributed by atoms with Crippen molar-refractivity contribution in [3.05, 3.63) is 58.0 Å². The number of pyridine rings is 1. The number of H-pyrrole nitrogens is 1. The van der Waals surface area contributed by atoms with Gasteiger partial charge in [-0.3, -0.25) is 9.78 Å². The fourth-order valence-corrected chi connectivity index (χ4v) is 3.37. The third kappa shape index (κ3) is 3.05. The molecule has 0 fully saturated rings. The van der Waals surface area contributed by atoms with Crippen molar-refractivity contribution in [2.75, 3.05) is 14.2 Å². The van der Waals surface area contributed by atoms with E-state index in [-0.39, 0.29) is 5.91 Å². The van der Waals surface area contributed by atoms with Gasteiger partial charge in [0.25, 0.3) is 5.91 Å². The largest absolute Gasteiger partial charge is 0.496 e. The van der Waals surface area contributed by atoms with Crippen LogP contribution in [0.1, 0.15) is 38.4 Å². The number of aromatic nitrogens is 2. The Bertz CT molecular complexity index is 989. The molecule has 0 bridgehead atoms. The minimum absolute atomic E-state index is 0.0444. The summed E-state index contributed by atoms with van der Waals surface area (Å²) >= 11 is 0. The minimum atomic E-state index is -0.0444. The Hall–Kier alpha value is -2.82. The third-order valence-electron chi connectivity index (χ3n) is 4.91. The van der Waals surface area contributed by atoms with Crippen molar-refractivity contribution in [2.24, 2.45) is 0 Å². The number of aromatic amines is 1. The van der Waals surface area contributed by atoms with E-state index in [0.717, 1.165) is 39.0 Å². The second kappa shape index (κ2) is 6.83. The molecule has 3 rings (SSSR count). The van der Waals surface area contributed by atoms with Crippen LogP contribution >= 0.6 is 0 Å². The van der Waals surface area contributed by atoms with E-state index in [1.165, 1.54) is 5.56 Å². The summed E-state index contributed by atoms with van der Waals surface area (Å²) < 4.78 is 5.46. The van der Waals surface area contributed by atoms with Crippen LogP contribution in [-0.2, 0) is 6.54 Å². The fourth-order valence-electron chi connectivity index (χ4n) is 3.37. The number of nitrogens with zero attached hydrogens (tertiary/aromatic N) is 2. The van der Waals surface area contributed by atoms with Gasteiger partial charge in [0.15, 0.2) is 0 Å². The number of hydrogen-bond acceptors (Lipinski definition) is 3. The van der Waals surface area contributed by atoms with Crippen molar-refractivity contribution in [1.82, 2.24) is 14.9 Å². The number of benzene rings is 1. The minimum Gasteiger partial charge on any atom is -0.496 e. The van der Waals surface area contributed by atoms with Gasteiger partial charge in [-0.25, -0.2) is 0 Å². The van der Waals surface area contributed by atoms with E-state index in [1.807, 2.05) is 32.9 Å². The number of nitrogens with one attached hydrogen (secondary N) is 1. The lowest BCUT2D eigenvalue weighted by Gasteiger charge is -2.19. The first-order chi connectivity index (χ1) is 12.3. The van der Waals surface area contributed by atoms with Crippen LogP contribution in [-0.4, -0.2) is 34.9 Å². The topological polar surface area (TPSA) is 58.2 Å². The molecular weight excluding hydrogens is 326 g/mol. The fraction of sp³-hybridized carbons (Fsp3) is 0.333. The van der Waals surface area contributed by atoms with Gasteiger partial charge in [0, 0.05) is 35.3 Å². The molecule has 1 aromatic carbocycles. The standard InChI is InChI=1S/C21H25N3O2/c1-12-7-8-17-16(9-12)14(3)19(23-17)21(25)24(5)11-18-15(4)20(26-6)13(2)10-22-18/h7-10,23H,11H2,1-6H3. The molecule has 26 heavy (non-hydrogen) atoms. The molecule has 2 aromatic heterocycles. The summed E-state index contributed by atoms with van der Waals surface area (Å²) in [7, 11) is 3.45. The number of hydrogen-bond donors (Lipinski definition) is 1. The van der Waals surface area contributed by atoms with Gasteiger partial charge < -0.3 is 14.6 Å². The molecule has 1 N–H and O–H groups in total. The zero-order valence-corrected chi connectivity index (χ0v) is 16.2. The summed E-state index contributed by atoms with van der Waals surface area (Å²) in [6, 6.07) is 6.17. The number of amides is 1. The van der Waals surface area contributed by atoms with Crippen LogP contribution in [0.25, 0.3) is 10.9 Å². The van der Waals surface area contributed by atoms with Gasteiger partial charge >= 0.3 is 0 Å². The predicted molar refractivity (Wildman–Crippen MR) is 104 cm³/mol. The summed E-state index contributed by atoms with van der Waals surface area (Å²) in [6.07, 6.45) is 1.79. The molecule has 136 valence electrons. The SMILES string of the molecule is COc1c(C)cnc(CN(C)C(=O)c2[nH]c3ccc(C)cc3c2C)c1C. The van der Waals surface area contributed by atoms with Crippen molar-refractivity contribution in [3.8, 4) is 5.75 Å². The zero-order valence-electron chi connectivity index (χ0n) is 16.2. The van der Waals surface area contributed by atoms with Crippen molar-refractivity contribution in [1.29, 1.82) is 0 Å². The van der Waals surface area contributed by atoms with Crippen molar-refractivity contribution >= 4 is 16.8 Å². The number of aryl methyl sites for hydroxylation is 3. The van der Waals surface area contributed by atoms with Crippen LogP contribution in [0.2, 0.25) is 0 Å². The molecule has 0 saturated carbocycles. The van der Waals surface area contributed by atoms with Crippen LogP contribution < -0.4 is 4.74 Å². The normalized spacial score (nSPS) is 11.0. The maximum atomic E-state index is 13.0. The highest BCUT2D eigenvalue weighted by Crippen LogP contribution is 2.26. The Kier molecular flexibility index (Phi) is 4.72. The maximum Gasteiger partial charge on any atom is 0.270 e. The van der Waals surface area contributed by atoms with Crippen LogP contribution in [0.3, 0.4) is 0 Å². The Morgan fingerprint density at radius 2 is 1.92 bits per heavy atom. The first-order valence-electron chi connectivity index (χ1n) is 8.67. The number of methoxy groups -OCH3 is 1. The Morgan fingerprint density at radius 1 is 1.19 bits per heavy atom. The lowest BCUT2D eigenvalue weighted by Crippen LogP contribution is -2.28. The lowest BCUT2D eigenvalue weighted by molar-refractivity contribution is 0.0777. The second-order valence-electron chi connectivity index (χ2n) is 6.88. The number of rotatable bonds is 4. The monoisotopic (exact) mass is 351 g/mol. The molecule has 3 aromatic rings. The maximum absolute atomic E-state index is 13.0. The van der Waals surface area contributed by atoms with E-state index < -0.39 is 0 Å². The smallest absolute Gasteiger partial charge is 0.270 e. The van der Waals surface area contributed by atoms with Gasteiger partial charge in [-0.15, -0.1) is 0 Å². The van der Waals surface area contributed by atoms with E-state index in [1.54, 1.807) is 25.3 Å². The molecule has 0 saturated heterocycles. The van der Waals surface area contributed by atoms with E-state index in [4.69, 9.17) is 4.74 Å². The van der Waals surface area contributed by atoms with Gasteiger partial charge in [0.2, 0.25) is 0 Å². The number of carbonyl (C=O) groups excluding carboxylic acids is 1. The van der Waals surface area contributed by atoms with E-state index >= 15 is 0 Å². The first kappa shape index (κ1) is 18.0. The van der Waals surface area contributed by atoms with Crippen molar-refractivity contribution < 1.29 is 9.53 Å². The molecule has 0 atom stereocenters. The Labute approximate surface area is 154 Å². The van der Waals surface area contributed by atoms with Crippen LogP contribution in [0.5, 0.6) is 5.75 Å². The van der Waals surface area contributed by atoms with Crippen molar-refractivity contribution in [3.63, 3.8) is 0 Å². The lowest BCUT2D eigenvalue weighted by atomic mass is 10.1. The first-order valence-corrected chi connectivity index (χ1v) is 8.67. The van der Waals surface area contributed by atoms with Crippen LogP contribution in [0.15, 0.2) is 24.4 Å². The number of fused-ring (bicyclic) bond motifs is 1. The summed E-state index contributed by atoms with van der Waals surface area (Å²) in [5.74, 6) is 0.783. The van der Waals surface area contributed by atoms with Gasteiger partial charge in [0.05, 0.1) is 19.3 Å².